The Hall–Kier alpha value is -1.72. The summed E-state index contributed by atoms with van der Waals surface area (Å²) in [5, 5.41) is 16.3. The Balaban J connectivity index is 3.07. The van der Waals surface area contributed by atoms with E-state index in [-0.39, 0.29) is 5.84 Å². The molecule has 0 saturated heterocycles. The minimum Gasteiger partial charge on any atom is -0.409 e. The topological polar surface area (TPSA) is 79.7 Å². The fraction of sp³-hybridized carbons (Fsp3) is 0.667. The molecule has 1 aromatic rings. The van der Waals surface area contributed by atoms with Gasteiger partial charge in [-0.1, -0.05) is 19.0 Å². The van der Waals surface area contributed by atoms with Gasteiger partial charge in [0.15, 0.2) is 5.84 Å². The van der Waals surface area contributed by atoms with Gasteiger partial charge in [0, 0.05) is 20.6 Å². The van der Waals surface area contributed by atoms with E-state index in [1.807, 2.05) is 21.0 Å². The first kappa shape index (κ1) is 14.3. The largest absolute Gasteiger partial charge is 0.409 e. The summed E-state index contributed by atoms with van der Waals surface area (Å²) in [5.41, 5.74) is 7.19. The van der Waals surface area contributed by atoms with Crippen LogP contribution < -0.4 is 10.6 Å². The third-order valence-electron chi connectivity index (χ3n) is 2.96. The molecule has 0 unspecified atom stereocenters. The predicted octanol–water partition coefficient (Wildman–Crippen LogP) is 1.31. The fourth-order valence-electron chi connectivity index (χ4n) is 1.99. The molecule has 0 aliphatic heterocycles. The van der Waals surface area contributed by atoms with E-state index in [2.05, 4.69) is 29.0 Å². The summed E-state index contributed by atoms with van der Waals surface area (Å²) in [6.45, 7) is 7.13. The molecular formula is C12H23N5O. The first-order chi connectivity index (χ1) is 8.38. The molecular weight excluding hydrogens is 230 g/mol. The number of rotatable bonds is 5. The van der Waals surface area contributed by atoms with E-state index < -0.39 is 0 Å². The van der Waals surface area contributed by atoms with Crippen molar-refractivity contribution in [2.24, 2.45) is 23.9 Å². The number of hydrogen-bond acceptors (Lipinski definition) is 4. The Labute approximate surface area is 108 Å². The number of nitrogens with zero attached hydrogens (tertiary/aromatic N) is 4. The molecule has 0 fully saturated rings. The molecule has 0 atom stereocenters. The Morgan fingerprint density at radius 3 is 2.67 bits per heavy atom. The highest BCUT2D eigenvalue weighted by Crippen LogP contribution is 2.22. The predicted molar refractivity (Wildman–Crippen MR) is 73.2 cm³/mol. The van der Waals surface area contributed by atoms with Gasteiger partial charge in [0.2, 0.25) is 0 Å². The van der Waals surface area contributed by atoms with E-state index in [0.29, 0.717) is 11.5 Å². The SMILES string of the molecule is Cc1nn(C)c(N(C)CCC(C)C)c1C(N)=NO. The molecule has 102 valence electrons. The summed E-state index contributed by atoms with van der Waals surface area (Å²) in [4.78, 5) is 2.09. The van der Waals surface area contributed by atoms with Gasteiger partial charge in [0.1, 0.15) is 5.82 Å². The molecule has 0 amide bonds. The molecule has 3 N–H and O–H groups in total. The van der Waals surface area contributed by atoms with Crippen LogP contribution in [-0.2, 0) is 7.05 Å². The van der Waals surface area contributed by atoms with Crippen LogP contribution in [0.3, 0.4) is 0 Å². The van der Waals surface area contributed by atoms with Crippen LogP contribution in [0.15, 0.2) is 5.16 Å². The molecule has 1 heterocycles. The molecule has 0 saturated carbocycles. The van der Waals surface area contributed by atoms with Gasteiger partial charge in [-0.3, -0.25) is 4.68 Å². The number of nitrogens with two attached hydrogens (primary N) is 1. The van der Waals surface area contributed by atoms with Crippen molar-refractivity contribution >= 4 is 11.7 Å². The molecule has 0 radical (unpaired) electrons. The molecule has 0 spiro atoms. The second-order valence-corrected chi connectivity index (χ2v) is 5.00. The van der Waals surface area contributed by atoms with Crippen molar-refractivity contribution in [3.05, 3.63) is 11.3 Å². The van der Waals surface area contributed by atoms with Gasteiger partial charge in [-0.15, -0.1) is 0 Å². The van der Waals surface area contributed by atoms with Crippen molar-refractivity contribution in [3.8, 4) is 0 Å². The van der Waals surface area contributed by atoms with Gasteiger partial charge in [-0.25, -0.2) is 0 Å². The van der Waals surface area contributed by atoms with Crippen LogP contribution in [0.4, 0.5) is 5.82 Å². The Morgan fingerprint density at radius 1 is 1.56 bits per heavy atom. The summed E-state index contributed by atoms with van der Waals surface area (Å²) >= 11 is 0. The zero-order chi connectivity index (χ0) is 13.9. The molecule has 6 heteroatoms. The molecule has 1 rings (SSSR count). The minimum atomic E-state index is 0.104. The lowest BCUT2D eigenvalue weighted by atomic mass is 10.1. The lowest BCUT2D eigenvalue weighted by Gasteiger charge is -2.21. The van der Waals surface area contributed by atoms with Crippen LogP contribution in [0.25, 0.3) is 0 Å². The quantitative estimate of drug-likeness (QED) is 0.359. The molecule has 6 nitrogen and oxygen atoms in total. The number of aryl methyl sites for hydroxylation is 2. The Kier molecular flexibility index (Phi) is 4.58. The van der Waals surface area contributed by atoms with Crippen molar-refractivity contribution in [2.75, 3.05) is 18.5 Å². The summed E-state index contributed by atoms with van der Waals surface area (Å²) in [7, 11) is 3.86. The second-order valence-electron chi connectivity index (χ2n) is 5.00. The minimum absolute atomic E-state index is 0.104. The molecule has 18 heavy (non-hydrogen) atoms. The third kappa shape index (κ3) is 2.94. The maximum atomic E-state index is 8.85. The maximum Gasteiger partial charge on any atom is 0.175 e. The average molecular weight is 253 g/mol. The van der Waals surface area contributed by atoms with Crippen molar-refractivity contribution < 1.29 is 5.21 Å². The van der Waals surface area contributed by atoms with Crippen molar-refractivity contribution in [3.63, 3.8) is 0 Å². The van der Waals surface area contributed by atoms with E-state index in [9.17, 15) is 0 Å². The molecule has 1 aromatic heterocycles. The van der Waals surface area contributed by atoms with Gasteiger partial charge < -0.3 is 15.8 Å². The average Bonchev–Trinajstić information content (AvgIpc) is 2.60. The highest BCUT2D eigenvalue weighted by molar-refractivity contribution is 6.02. The first-order valence-electron chi connectivity index (χ1n) is 6.11. The lowest BCUT2D eigenvalue weighted by molar-refractivity contribution is 0.318. The summed E-state index contributed by atoms with van der Waals surface area (Å²) in [6.07, 6.45) is 1.08. The summed E-state index contributed by atoms with van der Waals surface area (Å²) in [5.74, 6) is 1.62. The number of amidine groups is 1. The monoisotopic (exact) mass is 253 g/mol. The number of oxime groups is 1. The van der Waals surface area contributed by atoms with Crippen LogP contribution in [0, 0.1) is 12.8 Å². The van der Waals surface area contributed by atoms with Crippen LogP contribution in [0.2, 0.25) is 0 Å². The van der Waals surface area contributed by atoms with Gasteiger partial charge in [0.05, 0.1) is 11.3 Å². The normalized spacial score (nSPS) is 12.2. The number of aromatic nitrogens is 2. The molecule has 0 bridgehead atoms. The molecule has 0 aromatic carbocycles. The van der Waals surface area contributed by atoms with E-state index >= 15 is 0 Å². The maximum absolute atomic E-state index is 8.85. The van der Waals surface area contributed by atoms with Gasteiger partial charge in [0.25, 0.3) is 0 Å². The molecule has 0 aliphatic carbocycles. The Morgan fingerprint density at radius 2 is 2.17 bits per heavy atom. The standard InChI is InChI=1S/C12H23N5O/c1-8(2)6-7-16(4)12-10(11(13)15-18)9(3)14-17(12)5/h8,18H,6-7H2,1-5H3,(H2,13,15). The van der Waals surface area contributed by atoms with Gasteiger partial charge in [-0.05, 0) is 19.3 Å². The van der Waals surface area contributed by atoms with Crippen molar-refractivity contribution in [2.45, 2.75) is 27.2 Å². The van der Waals surface area contributed by atoms with Gasteiger partial charge >= 0.3 is 0 Å². The van der Waals surface area contributed by atoms with Crippen molar-refractivity contribution in [1.29, 1.82) is 0 Å². The van der Waals surface area contributed by atoms with Crippen LogP contribution in [-0.4, -0.2) is 34.4 Å². The highest BCUT2D eigenvalue weighted by Gasteiger charge is 2.20. The summed E-state index contributed by atoms with van der Waals surface area (Å²) < 4.78 is 1.77. The van der Waals surface area contributed by atoms with Gasteiger partial charge in [-0.2, -0.15) is 5.10 Å². The van der Waals surface area contributed by atoms with Crippen molar-refractivity contribution in [1.82, 2.24) is 9.78 Å². The van der Waals surface area contributed by atoms with Crippen LogP contribution in [0.1, 0.15) is 31.5 Å². The fourth-order valence-corrected chi connectivity index (χ4v) is 1.99. The van der Waals surface area contributed by atoms with Crippen LogP contribution in [0.5, 0.6) is 0 Å². The highest BCUT2D eigenvalue weighted by atomic mass is 16.4. The number of hydrogen-bond donors (Lipinski definition) is 2. The summed E-state index contributed by atoms with van der Waals surface area (Å²) in [6, 6.07) is 0. The van der Waals surface area contributed by atoms with E-state index in [1.54, 1.807) is 4.68 Å². The third-order valence-corrected chi connectivity index (χ3v) is 2.96. The smallest absolute Gasteiger partial charge is 0.175 e. The molecule has 0 aliphatic rings. The first-order valence-corrected chi connectivity index (χ1v) is 6.11. The number of anilines is 1. The lowest BCUT2D eigenvalue weighted by Crippen LogP contribution is -2.26. The second kappa shape index (κ2) is 5.75. The van der Waals surface area contributed by atoms with Crippen LogP contribution >= 0.6 is 0 Å². The van der Waals surface area contributed by atoms with E-state index in [1.165, 1.54) is 0 Å². The zero-order valence-corrected chi connectivity index (χ0v) is 11.8. The zero-order valence-electron chi connectivity index (χ0n) is 11.8. The van der Waals surface area contributed by atoms with E-state index in [0.717, 1.165) is 24.5 Å². The van der Waals surface area contributed by atoms with E-state index in [4.69, 9.17) is 10.9 Å². The Bertz CT molecular complexity index is 436.